The van der Waals surface area contributed by atoms with Crippen LogP contribution in [0.15, 0.2) is 30.6 Å². The van der Waals surface area contributed by atoms with Gasteiger partial charge in [-0.2, -0.15) is 5.10 Å². The Morgan fingerprint density at radius 2 is 2.15 bits per heavy atom. The van der Waals surface area contributed by atoms with Crippen LogP contribution in [0.2, 0.25) is 0 Å². The summed E-state index contributed by atoms with van der Waals surface area (Å²) in [5, 5.41) is 9.29. The van der Waals surface area contributed by atoms with Crippen LogP contribution in [0.4, 0.5) is 11.4 Å². The number of ether oxygens (including phenoxy) is 2. The van der Waals surface area contributed by atoms with Gasteiger partial charge in [0, 0.05) is 12.8 Å². The maximum atomic E-state index is 12.2. The van der Waals surface area contributed by atoms with Crippen LogP contribution in [0.1, 0.15) is 18.4 Å². The molecule has 0 bridgehead atoms. The monoisotopic (exact) mass is 358 g/mol. The zero-order valence-corrected chi connectivity index (χ0v) is 14.8. The third kappa shape index (κ3) is 4.40. The number of anilines is 2. The molecule has 138 valence electrons. The van der Waals surface area contributed by atoms with Crippen molar-refractivity contribution < 1.29 is 19.1 Å². The Morgan fingerprint density at radius 1 is 1.35 bits per heavy atom. The molecule has 3 rings (SSSR count). The van der Waals surface area contributed by atoms with Crippen molar-refractivity contribution in [2.75, 3.05) is 24.4 Å². The normalized spacial score (nSPS) is 16.3. The first kappa shape index (κ1) is 17.9. The Balaban J connectivity index is 1.58. The van der Waals surface area contributed by atoms with E-state index >= 15 is 0 Å². The lowest BCUT2D eigenvalue weighted by atomic mass is 10.2. The smallest absolute Gasteiger partial charge is 0.314 e. The summed E-state index contributed by atoms with van der Waals surface area (Å²) in [5.41, 5.74) is 1.85. The Kier molecular flexibility index (Phi) is 5.52. The molecular formula is C18H22N4O4. The number of carbonyl (C=O) groups is 2. The van der Waals surface area contributed by atoms with Crippen molar-refractivity contribution in [2.45, 2.75) is 32.4 Å². The molecule has 8 nitrogen and oxygen atoms in total. The van der Waals surface area contributed by atoms with Gasteiger partial charge in [-0.15, -0.1) is 0 Å². The van der Waals surface area contributed by atoms with E-state index in [2.05, 4.69) is 15.7 Å². The van der Waals surface area contributed by atoms with Gasteiger partial charge in [-0.25, -0.2) is 0 Å². The zero-order chi connectivity index (χ0) is 18.5. The molecule has 1 aliphatic heterocycles. The first-order valence-corrected chi connectivity index (χ1v) is 8.46. The predicted octanol–water partition coefficient (Wildman–Crippen LogP) is 1.96. The number of carbonyl (C=O) groups excluding carboxylic acids is 2. The number of nitrogens with one attached hydrogen (secondary N) is 2. The number of hydrogen-bond donors (Lipinski definition) is 2. The van der Waals surface area contributed by atoms with Crippen molar-refractivity contribution in [3.63, 3.8) is 0 Å². The van der Waals surface area contributed by atoms with E-state index in [1.165, 1.54) is 13.3 Å². The van der Waals surface area contributed by atoms with E-state index in [9.17, 15) is 9.59 Å². The molecule has 0 aliphatic carbocycles. The molecule has 2 N–H and O–H groups in total. The van der Waals surface area contributed by atoms with E-state index in [-0.39, 0.29) is 6.10 Å². The van der Waals surface area contributed by atoms with Crippen LogP contribution in [0, 0.1) is 6.92 Å². The summed E-state index contributed by atoms with van der Waals surface area (Å²) in [5.74, 6) is -1.06. The molecule has 8 heteroatoms. The van der Waals surface area contributed by atoms with Crippen LogP contribution in [0.3, 0.4) is 0 Å². The maximum Gasteiger partial charge on any atom is 0.314 e. The Hall–Kier alpha value is -2.87. The van der Waals surface area contributed by atoms with Crippen LogP contribution in [-0.4, -0.2) is 41.4 Å². The second-order valence-corrected chi connectivity index (χ2v) is 6.20. The highest BCUT2D eigenvalue weighted by Gasteiger charge is 2.19. The number of aryl methyl sites for hydroxylation is 1. The van der Waals surface area contributed by atoms with Crippen molar-refractivity contribution in [1.82, 2.24) is 9.78 Å². The molecule has 0 spiro atoms. The van der Waals surface area contributed by atoms with Gasteiger partial charge in [-0.05, 0) is 37.5 Å². The lowest BCUT2D eigenvalue weighted by Gasteiger charge is -2.10. The maximum absolute atomic E-state index is 12.2. The quantitative estimate of drug-likeness (QED) is 0.797. The van der Waals surface area contributed by atoms with Gasteiger partial charge in [-0.1, -0.05) is 6.07 Å². The van der Waals surface area contributed by atoms with Gasteiger partial charge in [0.2, 0.25) is 0 Å². The van der Waals surface area contributed by atoms with E-state index in [0.717, 1.165) is 25.0 Å². The van der Waals surface area contributed by atoms with Gasteiger partial charge in [0.05, 0.1) is 37.3 Å². The van der Waals surface area contributed by atoms with Crippen molar-refractivity contribution >= 4 is 23.2 Å². The lowest BCUT2D eigenvalue weighted by Crippen LogP contribution is -2.29. The third-order valence-corrected chi connectivity index (χ3v) is 4.12. The third-order valence-electron chi connectivity index (χ3n) is 4.12. The first-order valence-electron chi connectivity index (χ1n) is 8.46. The number of aromatic nitrogens is 2. The largest absolute Gasteiger partial charge is 0.495 e. The molecule has 26 heavy (non-hydrogen) atoms. The number of methoxy groups -OCH3 is 1. The number of amides is 2. The molecule has 1 saturated heterocycles. The highest BCUT2D eigenvalue weighted by Crippen LogP contribution is 2.25. The minimum Gasteiger partial charge on any atom is -0.495 e. The van der Waals surface area contributed by atoms with Gasteiger partial charge < -0.3 is 20.1 Å². The lowest BCUT2D eigenvalue weighted by molar-refractivity contribution is -0.133. The summed E-state index contributed by atoms with van der Waals surface area (Å²) < 4.78 is 12.5. The Morgan fingerprint density at radius 3 is 2.88 bits per heavy atom. The second-order valence-electron chi connectivity index (χ2n) is 6.20. The molecule has 2 heterocycles. The average Bonchev–Trinajstić information content (AvgIpc) is 3.27. The van der Waals surface area contributed by atoms with Gasteiger partial charge in [-0.3, -0.25) is 14.3 Å². The SMILES string of the molecule is COc1ccc(C)cc1NC(=O)C(=O)Nc1cnn(C[C@H]2CCCO2)c1. The van der Waals surface area contributed by atoms with E-state index < -0.39 is 11.8 Å². The van der Waals surface area contributed by atoms with Crippen LogP contribution in [-0.2, 0) is 20.9 Å². The molecule has 1 aromatic carbocycles. The second kappa shape index (κ2) is 8.01. The summed E-state index contributed by atoms with van der Waals surface area (Å²) >= 11 is 0. The molecule has 1 fully saturated rings. The van der Waals surface area contributed by atoms with Crippen LogP contribution >= 0.6 is 0 Å². The summed E-state index contributed by atoms with van der Waals surface area (Å²) in [7, 11) is 1.50. The minimum atomic E-state index is -0.777. The van der Waals surface area contributed by atoms with Crippen molar-refractivity contribution in [3.8, 4) is 5.75 Å². The molecule has 0 unspecified atom stereocenters. The molecule has 2 aromatic rings. The molecular weight excluding hydrogens is 336 g/mol. The summed E-state index contributed by atoms with van der Waals surface area (Å²) in [6.07, 6.45) is 5.39. The average molecular weight is 358 g/mol. The standard InChI is InChI=1S/C18H22N4O4/c1-12-5-6-16(25-2)15(8-12)21-18(24)17(23)20-13-9-19-22(10-13)11-14-4-3-7-26-14/h5-6,8-10,14H,3-4,7,11H2,1-2H3,(H,20,23)(H,21,24)/t14-/m1/s1. The molecule has 1 aliphatic rings. The summed E-state index contributed by atoms with van der Waals surface area (Å²) in [6, 6.07) is 5.33. The van der Waals surface area contributed by atoms with E-state index in [1.807, 2.05) is 13.0 Å². The van der Waals surface area contributed by atoms with E-state index in [4.69, 9.17) is 9.47 Å². The van der Waals surface area contributed by atoms with Crippen molar-refractivity contribution in [2.24, 2.45) is 0 Å². The fourth-order valence-corrected chi connectivity index (χ4v) is 2.81. The molecule has 2 amide bonds. The van der Waals surface area contributed by atoms with Crippen molar-refractivity contribution in [1.29, 1.82) is 0 Å². The summed E-state index contributed by atoms with van der Waals surface area (Å²) in [6.45, 7) is 3.29. The van der Waals surface area contributed by atoms with Crippen LogP contribution in [0.5, 0.6) is 5.75 Å². The number of nitrogens with zero attached hydrogens (tertiary/aromatic N) is 2. The van der Waals surface area contributed by atoms with Gasteiger partial charge in [0.1, 0.15) is 5.75 Å². The fraction of sp³-hybridized carbons (Fsp3) is 0.389. The van der Waals surface area contributed by atoms with Crippen LogP contribution in [0.25, 0.3) is 0 Å². The van der Waals surface area contributed by atoms with Crippen molar-refractivity contribution in [3.05, 3.63) is 36.2 Å². The zero-order valence-electron chi connectivity index (χ0n) is 14.8. The Bertz CT molecular complexity index is 796. The number of hydrogen-bond acceptors (Lipinski definition) is 5. The Labute approximate surface area is 151 Å². The summed E-state index contributed by atoms with van der Waals surface area (Å²) in [4.78, 5) is 24.3. The fourth-order valence-electron chi connectivity index (χ4n) is 2.81. The van der Waals surface area contributed by atoms with Gasteiger partial charge in [0.25, 0.3) is 0 Å². The highest BCUT2D eigenvalue weighted by molar-refractivity contribution is 6.43. The molecule has 0 radical (unpaired) electrons. The number of rotatable bonds is 5. The molecule has 1 aromatic heterocycles. The molecule has 0 saturated carbocycles. The van der Waals surface area contributed by atoms with E-state index in [0.29, 0.717) is 23.7 Å². The van der Waals surface area contributed by atoms with Gasteiger partial charge >= 0.3 is 11.8 Å². The topological polar surface area (TPSA) is 94.5 Å². The predicted molar refractivity (Wildman–Crippen MR) is 96.2 cm³/mol. The molecule has 1 atom stereocenters. The van der Waals surface area contributed by atoms with E-state index in [1.54, 1.807) is 23.0 Å². The van der Waals surface area contributed by atoms with Gasteiger partial charge in [0.15, 0.2) is 0 Å². The minimum absolute atomic E-state index is 0.149. The number of benzene rings is 1. The highest BCUT2D eigenvalue weighted by atomic mass is 16.5. The van der Waals surface area contributed by atoms with Crippen LogP contribution < -0.4 is 15.4 Å². The first-order chi connectivity index (χ1) is 12.5.